The number of hydrogen-bond donors (Lipinski definition) is 0. The Balaban J connectivity index is 1.38. The van der Waals surface area contributed by atoms with Crippen molar-refractivity contribution in [1.82, 2.24) is 14.7 Å². The van der Waals surface area contributed by atoms with Crippen LogP contribution in [0.4, 0.5) is 0 Å². The van der Waals surface area contributed by atoms with Crippen LogP contribution in [-0.2, 0) is 27.3 Å². The number of carbonyl (C=O) groups is 1. The smallest absolute Gasteiger partial charge is 0.247 e. The molecule has 2 saturated heterocycles. The molecule has 4 aliphatic rings. The predicted octanol–water partition coefficient (Wildman–Crippen LogP) is 3.67. The monoisotopic (exact) mass is 559 g/mol. The molecule has 0 N–H and O–H groups in total. The Morgan fingerprint density at radius 1 is 1.27 bits per heavy atom. The molecule has 1 aromatic carbocycles. The molecule has 5 rings (SSSR count). The van der Waals surface area contributed by atoms with Crippen molar-refractivity contribution >= 4 is 17.5 Å². The average Bonchev–Trinajstić information content (AvgIpc) is 3.40. The lowest BCUT2D eigenvalue weighted by molar-refractivity contribution is -0.130. The molecule has 4 heterocycles. The van der Waals surface area contributed by atoms with Crippen molar-refractivity contribution in [3.63, 3.8) is 0 Å². The van der Waals surface area contributed by atoms with E-state index in [0.29, 0.717) is 45.3 Å². The second kappa shape index (κ2) is 13.3. The minimum Gasteiger partial charge on any atom is -0.373 e. The highest BCUT2D eigenvalue weighted by molar-refractivity contribution is 6.20. The van der Waals surface area contributed by atoms with Gasteiger partial charge in [0, 0.05) is 37.8 Å². The number of nitriles is 1. The maximum absolute atomic E-state index is 12.5. The number of ether oxygens (including phenoxy) is 2. The molecule has 4 atom stereocenters. The summed E-state index contributed by atoms with van der Waals surface area (Å²) in [7, 11) is 2.15. The van der Waals surface area contributed by atoms with Gasteiger partial charge in [0.25, 0.3) is 0 Å². The first-order valence-electron chi connectivity index (χ1n) is 15.0. The van der Waals surface area contributed by atoms with E-state index >= 15 is 0 Å². The molecule has 2 fully saturated rings. The van der Waals surface area contributed by atoms with E-state index in [0.717, 1.165) is 43.3 Å². The zero-order valence-corrected chi connectivity index (χ0v) is 24.7. The number of hydrogen-bond acceptors (Lipinski definition) is 8. The average molecular weight is 560 g/mol. The van der Waals surface area contributed by atoms with Gasteiger partial charge in [-0.05, 0) is 69.0 Å². The van der Waals surface area contributed by atoms with Crippen LogP contribution in [0.1, 0.15) is 55.7 Å². The molecule has 0 aliphatic carbocycles. The van der Waals surface area contributed by atoms with E-state index in [9.17, 15) is 10.1 Å². The van der Waals surface area contributed by atoms with Crippen molar-refractivity contribution in [3.8, 4) is 6.07 Å². The number of benzene rings is 1. The number of aliphatic imine (C=N–C) groups is 2. The molecule has 9 nitrogen and oxygen atoms in total. The summed E-state index contributed by atoms with van der Waals surface area (Å²) in [5, 5.41) is 9.51. The predicted molar refractivity (Wildman–Crippen MR) is 159 cm³/mol. The molecule has 0 saturated carbocycles. The molecule has 0 bridgehead atoms. The molecule has 4 aliphatic heterocycles. The van der Waals surface area contributed by atoms with Crippen LogP contribution >= 0.6 is 0 Å². The van der Waals surface area contributed by atoms with Gasteiger partial charge < -0.3 is 24.2 Å². The normalized spacial score (nSPS) is 27.2. The lowest BCUT2D eigenvalue weighted by Gasteiger charge is -2.44. The summed E-state index contributed by atoms with van der Waals surface area (Å²) in [6, 6.07) is 8.84. The van der Waals surface area contributed by atoms with Gasteiger partial charge in [-0.3, -0.25) is 4.79 Å². The first-order valence-corrected chi connectivity index (χ1v) is 15.0. The molecular formula is C32H43N6O3. The summed E-state index contributed by atoms with van der Waals surface area (Å²) in [5.41, 5.74) is 4.95. The highest BCUT2D eigenvalue weighted by Gasteiger charge is 2.38. The third-order valence-electron chi connectivity index (χ3n) is 8.98. The third kappa shape index (κ3) is 6.56. The van der Waals surface area contributed by atoms with Gasteiger partial charge in [0.2, 0.25) is 12.3 Å². The number of piperazine rings is 1. The topological polar surface area (TPSA) is 93.8 Å². The second-order valence-electron chi connectivity index (χ2n) is 11.5. The molecule has 0 aromatic heterocycles. The van der Waals surface area contributed by atoms with Gasteiger partial charge in [0.15, 0.2) is 0 Å². The second-order valence-corrected chi connectivity index (χ2v) is 11.5. The summed E-state index contributed by atoms with van der Waals surface area (Å²) < 4.78 is 12.7. The Bertz CT molecular complexity index is 1220. The number of carbonyl (C=O) groups excluding carboxylic acids is 1. The summed E-state index contributed by atoms with van der Waals surface area (Å²) in [6.45, 7) is 11.9. The molecule has 41 heavy (non-hydrogen) atoms. The zero-order chi connectivity index (χ0) is 28.9. The van der Waals surface area contributed by atoms with E-state index in [2.05, 4.69) is 61.5 Å². The van der Waals surface area contributed by atoms with E-state index < -0.39 is 6.35 Å². The number of fused-ring (bicyclic) bond motifs is 1. The largest absolute Gasteiger partial charge is 0.373 e. The number of amides is 1. The molecule has 0 spiro atoms. The number of amidine groups is 1. The molecule has 3 unspecified atom stereocenters. The van der Waals surface area contributed by atoms with Crippen LogP contribution in [0.15, 0.2) is 40.8 Å². The van der Waals surface area contributed by atoms with Crippen molar-refractivity contribution < 1.29 is 14.3 Å². The Hall–Kier alpha value is -3.06. The van der Waals surface area contributed by atoms with Crippen molar-refractivity contribution in [2.75, 3.05) is 39.8 Å². The van der Waals surface area contributed by atoms with Gasteiger partial charge >= 0.3 is 0 Å². The number of likely N-dealkylation sites (tertiary alicyclic amines) is 1. The van der Waals surface area contributed by atoms with Crippen molar-refractivity contribution in [2.45, 2.75) is 83.5 Å². The van der Waals surface area contributed by atoms with Gasteiger partial charge in [0.05, 0.1) is 43.8 Å². The highest BCUT2D eigenvalue weighted by atomic mass is 16.5. The fourth-order valence-corrected chi connectivity index (χ4v) is 6.59. The number of likely N-dealkylation sites (N-methyl/N-ethyl adjacent to an activating group) is 1. The van der Waals surface area contributed by atoms with Gasteiger partial charge in [-0.15, -0.1) is 0 Å². The standard InChI is InChI=1S/C32H43N6O3/c1-5-27-29(18-26-17-28-22(3)9-7-10-23(28)20-40-26)34-32(41-21-25-11-8-14-36(25)4)35-31(27)37-15-16-38(30(39)6-2)24(19-37)12-13-33/h6-7,9-10,24-26,32H,2,5,8,11-12,14-21H2,1,3-4H3/t24?,25?,26-,32?/m1/s1. The molecule has 1 radical (unpaired) electrons. The molecular weight excluding hydrogens is 516 g/mol. The third-order valence-corrected chi connectivity index (χ3v) is 8.98. The summed E-state index contributed by atoms with van der Waals surface area (Å²) in [5.74, 6) is 1.84. The Morgan fingerprint density at radius 2 is 2.12 bits per heavy atom. The van der Waals surface area contributed by atoms with Crippen LogP contribution in [0.2, 0.25) is 0 Å². The minimum absolute atomic E-state index is 0.0262. The lowest BCUT2D eigenvalue weighted by Crippen LogP contribution is -2.58. The Labute approximate surface area is 244 Å². The summed E-state index contributed by atoms with van der Waals surface area (Å²) in [6.07, 6.45) is 5.61. The maximum atomic E-state index is 12.5. The van der Waals surface area contributed by atoms with Gasteiger partial charge in [-0.1, -0.05) is 31.7 Å². The van der Waals surface area contributed by atoms with Crippen LogP contribution in [0, 0.1) is 24.2 Å². The molecule has 1 aromatic rings. The quantitative estimate of drug-likeness (QED) is 0.451. The maximum Gasteiger partial charge on any atom is 0.247 e. The Kier molecular flexibility index (Phi) is 9.53. The first kappa shape index (κ1) is 29.4. The lowest BCUT2D eigenvalue weighted by atomic mass is 9.88. The van der Waals surface area contributed by atoms with E-state index in [1.54, 1.807) is 4.90 Å². The number of nitrogens with zero attached hydrogens (tertiary/aromatic N) is 6. The fraction of sp³-hybridized carbons (Fsp3) is 0.594. The SMILES string of the molecule is C=CC(=O)N1CCN(C2=NC(OCC3CCCN3C)N=C(C[C@H]3Cc4c(C)cccc4CO3)[C]2CC)CC1CC#N. The van der Waals surface area contributed by atoms with Crippen LogP contribution in [-0.4, -0.2) is 96.5 Å². The van der Waals surface area contributed by atoms with Crippen molar-refractivity contribution in [2.24, 2.45) is 9.98 Å². The van der Waals surface area contributed by atoms with Crippen molar-refractivity contribution in [1.29, 1.82) is 5.26 Å². The van der Waals surface area contributed by atoms with Crippen LogP contribution in [0.5, 0.6) is 0 Å². The molecule has 219 valence electrons. The van der Waals surface area contributed by atoms with Crippen LogP contribution in [0.25, 0.3) is 0 Å². The van der Waals surface area contributed by atoms with Crippen molar-refractivity contribution in [3.05, 3.63) is 53.5 Å². The van der Waals surface area contributed by atoms with Gasteiger partial charge in [-0.25, -0.2) is 9.98 Å². The van der Waals surface area contributed by atoms with Crippen LogP contribution in [0.3, 0.4) is 0 Å². The van der Waals surface area contributed by atoms with E-state index in [4.69, 9.17) is 19.5 Å². The molecule has 9 heteroatoms. The fourth-order valence-electron chi connectivity index (χ4n) is 6.59. The Morgan fingerprint density at radius 3 is 2.85 bits per heavy atom. The number of rotatable bonds is 8. The van der Waals surface area contributed by atoms with E-state index in [1.807, 2.05) is 0 Å². The summed E-state index contributed by atoms with van der Waals surface area (Å²) in [4.78, 5) is 29.0. The van der Waals surface area contributed by atoms with E-state index in [1.165, 1.54) is 29.2 Å². The summed E-state index contributed by atoms with van der Waals surface area (Å²) >= 11 is 0. The van der Waals surface area contributed by atoms with Crippen LogP contribution < -0.4 is 0 Å². The van der Waals surface area contributed by atoms with Gasteiger partial charge in [-0.2, -0.15) is 5.26 Å². The van der Waals surface area contributed by atoms with Gasteiger partial charge in [0.1, 0.15) is 5.84 Å². The first-order chi connectivity index (χ1) is 19.9. The number of aryl methyl sites for hydroxylation is 1. The van der Waals surface area contributed by atoms with E-state index in [-0.39, 0.29) is 24.5 Å². The minimum atomic E-state index is -0.621. The highest BCUT2D eigenvalue weighted by Crippen LogP contribution is 2.31. The molecule has 1 amide bonds. The zero-order valence-electron chi connectivity index (χ0n) is 24.7.